The van der Waals surface area contributed by atoms with Crippen LogP contribution in [0.4, 0.5) is 0 Å². The van der Waals surface area contributed by atoms with Gasteiger partial charge in [0.1, 0.15) is 11.3 Å². The minimum Gasteiger partial charge on any atom is -0.459 e. The Hall–Kier alpha value is -1.77. The van der Waals surface area contributed by atoms with E-state index in [0.29, 0.717) is 0 Å². The second-order valence-electron chi connectivity index (χ2n) is 4.73. The lowest BCUT2D eigenvalue weighted by molar-refractivity contribution is -0.125. The van der Waals surface area contributed by atoms with Crippen LogP contribution in [-0.4, -0.2) is 5.91 Å². The molecule has 0 aliphatic heterocycles. The van der Waals surface area contributed by atoms with Crippen molar-refractivity contribution in [1.29, 1.82) is 0 Å². The topological polar surface area (TPSA) is 42.2 Å². The number of carbonyl (C=O) groups excluding carboxylic acids is 1. The van der Waals surface area contributed by atoms with Gasteiger partial charge in [-0.25, -0.2) is 0 Å². The number of carbonyl (C=O) groups is 1. The number of amides is 1. The summed E-state index contributed by atoms with van der Waals surface area (Å²) in [5, 5.41) is 4.04. The maximum atomic E-state index is 11.8. The average Bonchev–Trinajstić information content (AvgIpc) is 2.81. The van der Waals surface area contributed by atoms with E-state index in [1.807, 2.05) is 51.1 Å². The predicted octanol–water partition coefficient (Wildman–Crippen LogP) is 3.66. The zero-order valence-electron chi connectivity index (χ0n) is 11.1. The molecule has 0 unspecified atom stereocenters. The van der Waals surface area contributed by atoms with Crippen molar-refractivity contribution in [3.05, 3.63) is 36.1 Å². The molecule has 0 spiro atoms. The van der Waals surface area contributed by atoms with Crippen LogP contribution in [0.5, 0.6) is 0 Å². The van der Waals surface area contributed by atoms with Gasteiger partial charge in [0.25, 0.3) is 0 Å². The van der Waals surface area contributed by atoms with E-state index in [1.54, 1.807) is 0 Å². The van der Waals surface area contributed by atoms with Crippen LogP contribution >= 0.6 is 0 Å². The third-order valence-electron chi connectivity index (χ3n) is 3.29. The number of benzene rings is 1. The number of furan rings is 1. The van der Waals surface area contributed by atoms with Gasteiger partial charge in [0.05, 0.1) is 6.04 Å². The van der Waals surface area contributed by atoms with Crippen LogP contribution < -0.4 is 5.32 Å². The second kappa shape index (κ2) is 5.25. The summed E-state index contributed by atoms with van der Waals surface area (Å²) in [6.07, 6.45) is 0.846. The summed E-state index contributed by atoms with van der Waals surface area (Å²) in [7, 11) is 0. The van der Waals surface area contributed by atoms with Gasteiger partial charge in [-0.05, 0) is 25.5 Å². The highest BCUT2D eigenvalue weighted by Crippen LogP contribution is 2.23. The second-order valence-corrected chi connectivity index (χ2v) is 4.73. The Morgan fingerprint density at radius 2 is 2.06 bits per heavy atom. The van der Waals surface area contributed by atoms with Crippen molar-refractivity contribution in [3.63, 3.8) is 0 Å². The molecule has 3 nitrogen and oxygen atoms in total. The van der Waals surface area contributed by atoms with Crippen molar-refractivity contribution in [2.75, 3.05) is 0 Å². The largest absolute Gasteiger partial charge is 0.459 e. The lowest BCUT2D eigenvalue weighted by Crippen LogP contribution is -2.31. The Bertz CT molecular complexity index is 511. The molecular weight excluding hydrogens is 226 g/mol. The molecule has 0 bridgehead atoms. The van der Waals surface area contributed by atoms with E-state index in [-0.39, 0.29) is 17.9 Å². The molecule has 3 heteroatoms. The van der Waals surface area contributed by atoms with Crippen LogP contribution in [0.25, 0.3) is 11.0 Å². The van der Waals surface area contributed by atoms with Gasteiger partial charge in [-0.2, -0.15) is 0 Å². The fourth-order valence-corrected chi connectivity index (χ4v) is 1.83. The Kier molecular flexibility index (Phi) is 3.70. The van der Waals surface area contributed by atoms with E-state index in [9.17, 15) is 4.79 Å². The maximum Gasteiger partial charge on any atom is 0.223 e. The first-order valence-electron chi connectivity index (χ1n) is 6.40. The molecule has 0 saturated carbocycles. The first-order valence-corrected chi connectivity index (χ1v) is 6.40. The molecule has 0 fully saturated rings. The van der Waals surface area contributed by atoms with E-state index in [1.165, 1.54) is 0 Å². The van der Waals surface area contributed by atoms with Gasteiger partial charge in [-0.1, -0.05) is 32.0 Å². The van der Waals surface area contributed by atoms with Gasteiger partial charge in [0.2, 0.25) is 5.91 Å². The fraction of sp³-hybridized carbons (Fsp3) is 0.400. The lowest BCUT2D eigenvalue weighted by atomic mass is 10.1. The third-order valence-corrected chi connectivity index (χ3v) is 3.29. The molecule has 18 heavy (non-hydrogen) atoms. The van der Waals surface area contributed by atoms with Crippen molar-refractivity contribution in [3.8, 4) is 0 Å². The molecule has 1 aromatic heterocycles. The van der Waals surface area contributed by atoms with E-state index >= 15 is 0 Å². The summed E-state index contributed by atoms with van der Waals surface area (Å²) in [4.78, 5) is 11.8. The molecule has 1 heterocycles. The van der Waals surface area contributed by atoms with Crippen molar-refractivity contribution in [2.45, 2.75) is 33.2 Å². The van der Waals surface area contributed by atoms with Crippen molar-refractivity contribution in [2.24, 2.45) is 5.92 Å². The van der Waals surface area contributed by atoms with Crippen molar-refractivity contribution in [1.82, 2.24) is 5.32 Å². The molecule has 1 aromatic carbocycles. The molecule has 96 valence electrons. The zero-order chi connectivity index (χ0) is 13.1. The van der Waals surface area contributed by atoms with Gasteiger partial charge in [-0.15, -0.1) is 0 Å². The van der Waals surface area contributed by atoms with Gasteiger partial charge in [0, 0.05) is 11.3 Å². The summed E-state index contributed by atoms with van der Waals surface area (Å²) in [5.41, 5.74) is 0.858. The fourth-order valence-electron chi connectivity index (χ4n) is 1.83. The molecule has 2 rings (SSSR count). The Balaban J connectivity index is 2.13. The third kappa shape index (κ3) is 2.55. The molecule has 2 aromatic rings. The lowest BCUT2D eigenvalue weighted by Gasteiger charge is -2.14. The Labute approximate surface area is 107 Å². The highest BCUT2D eigenvalue weighted by molar-refractivity contribution is 5.80. The molecule has 0 aliphatic carbocycles. The summed E-state index contributed by atoms with van der Waals surface area (Å²) in [5.74, 6) is 0.912. The first kappa shape index (κ1) is 12.7. The van der Waals surface area contributed by atoms with Crippen LogP contribution in [0.3, 0.4) is 0 Å². The molecule has 0 radical (unpaired) electrons. The Morgan fingerprint density at radius 1 is 1.33 bits per heavy atom. The monoisotopic (exact) mass is 245 g/mol. The van der Waals surface area contributed by atoms with Gasteiger partial charge >= 0.3 is 0 Å². The van der Waals surface area contributed by atoms with Crippen LogP contribution in [0, 0.1) is 5.92 Å². The van der Waals surface area contributed by atoms with E-state index in [0.717, 1.165) is 23.2 Å². The first-order chi connectivity index (χ1) is 8.61. The van der Waals surface area contributed by atoms with E-state index in [4.69, 9.17) is 4.42 Å². The molecule has 1 amide bonds. The molecule has 0 saturated heterocycles. The minimum atomic E-state index is -0.0982. The van der Waals surface area contributed by atoms with Crippen LogP contribution in [-0.2, 0) is 4.79 Å². The normalized spacial score (nSPS) is 14.4. The molecular formula is C15H19NO2. The van der Waals surface area contributed by atoms with E-state index in [2.05, 4.69) is 5.32 Å². The molecule has 1 N–H and O–H groups in total. The molecule has 0 aliphatic rings. The van der Waals surface area contributed by atoms with Crippen LogP contribution in [0.15, 0.2) is 34.7 Å². The Morgan fingerprint density at radius 3 is 2.72 bits per heavy atom. The van der Waals surface area contributed by atoms with Gasteiger partial charge < -0.3 is 9.73 Å². The van der Waals surface area contributed by atoms with Gasteiger partial charge in [0.15, 0.2) is 0 Å². The number of nitrogens with one attached hydrogen (secondary N) is 1. The predicted molar refractivity (Wildman–Crippen MR) is 72.2 cm³/mol. The summed E-state index contributed by atoms with van der Waals surface area (Å²) < 4.78 is 5.73. The van der Waals surface area contributed by atoms with E-state index < -0.39 is 0 Å². The summed E-state index contributed by atoms with van der Waals surface area (Å²) >= 11 is 0. The quantitative estimate of drug-likeness (QED) is 0.893. The van der Waals surface area contributed by atoms with Crippen molar-refractivity contribution < 1.29 is 9.21 Å². The summed E-state index contributed by atoms with van der Waals surface area (Å²) in [6.45, 7) is 5.88. The maximum absolute atomic E-state index is 11.8. The SMILES string of the molecule is CC[C@H](C)C(=O)N[C@@H](C)c1cc2ccccc2o1. The number of fused-ring (bicyclic) bond motifs is 1. The minimum absolute atomic E-state index is 0.0387. The van der Waals surface area contributed by atoms with Crippen LogP contribution in [0.1, 0.15) is 39.0 Å². The highest BCUT2D eigenvalue weighted by Gasteiger charge is 2.17. The summed E-state index contributed by atoms with van der Waals surface area (Å²) in [6, 6.07) is 9.74. The van der Waals surface area contributed by atoms with Gasteiger partial charge in [-0.3, -0.25) is 4.79 Å². The number of rotatable bonds is 4. The average molecular weight is 245 g/mol. The number of hydrogen-bond donors (Lipinski definition) is 1. The van der Waals surface area contributed by atoms with Crippen molar-refractivity contribution >= 4 is 16.9 Å². The smallest absolute Gasteiger partial charge is 0.223 e. The number of hydrogen-bond acceptors (Lipinski definition) is 2. The standard InChI is InChI=1S/C15H19NO2/c1-4-10(2)15(17)16-11(3)14-9-12-7-5-6-8-13(12)18-14/h5-11H,4H2,1-3H3,(H,16,17)/t10-,11-/m0/s1. The van der Waals surface area contributed by atoms with Crippen LogP contribution in [0.2, 0.25) is 0 Å². The zero-order valence-corrected chi connectivity index (χ0v) is 11.1. The molecule has 2 atom stereocenters. The number of para-hydroxylation sites is 1. The highest BCUT2D eigenvalue weighted by atomic mass is 16.3.